The third-order valence-electron chi connectivity index (χ3n) is 3.34. The van der Waals surface area contributed by atoms with E-state index in [1.807, 2.05) is 0 Å². The molecule has 1 aliphatic rings. The summed E-state index contributed by atoms with van der Waals surface area (Å²) < 4.78 is 48.8. The van der Waals surface area contributed by atoms with Crippen LogP contribution in [0.2, 0.25) is 0 Å². The van der Waals surface area contributed by atoms with Crippen molar-refractivity contribution in [3.8, 4) is 0 Å². The smallest absolute Gasteiger partial charge is 0.303 e. The van der Waals surface area contributed by atoms with Crippen LogP contribution in [0, 0.1) is 0 Å². The molecule has 1 rings (SSSR count). The molecule has 5 atom stereocenters. The van der Waals surface area contributed by atoms with Crippen LogP contribution >= 0.6 is 10.8 Å². The maximum Gasteiger partial charge on any atom is 0.303 e. The van der Waals surface area contributed by atoms with Crippen LogP contribution in [-0.2, 0) is 46.9 Å². The van der Waals surface area contributed by atoms with Crippen molar-refractivity contribution in [2.24, 2.45) is 0 Å². The van der Waals surface area contributed by atoms with Gasteiger partial charge in [-0.2, -0.15) is 0 Å². The van der Waals surface area contributed by atoms with Gasteiger partial charge in [-0.25, -0.2) is 8.42 Å². The normalized spacial score (nSPS) is 27.7. The first-order valence-electron chi connectivity index (χ1n) is 8.18. The quantitative estimate of drug-likeness (QED) is 0.205. The molecular formula is C15H24O11S2. The van der Waals surface area contributed by atoms with Crippen molar-refractivity contribution in [2.45, 2.75) is 51.5 Å². The summed E-state index contributed by atoms with van der Waals surface area (Å²) in [5.74, 6) is -2.16. The molecule has 11 nitrogen and oxygen atoms in total. The number of aliphatic hydroxyl groups excluding tert-OH is 1. The summed E-state index contributed by atoms with van der Waals surface area (Å²) in [4.78, 5) is 34.5. The van der Waals surface area contributed by atoms with Crippen LogP contribution in [0.15, 0.2) is 0 Å². The first-order valence-corrected chi connectivity index (χ1v) is 11.6. The predicted octanol–water partition coefficient (Wildman–Crippen LogP) is -0.792. The van der Waals surface area contributed by atoms with E-state index in [1.165, 1.54) is 0 Å². The number of carbonyl (C=O) groups is 3. The fourth-order valence-corrected chi connectivity index (χ4v) is 4.07. The Morgan fingerprint density at radius 2 is 1.46 bits per heavy atom. The highest BCUT2D eigenvalue weighted by molar-refractivity contribution is 8.71. The summed E-state index contributed by atoms with van der Waals surface area (Å²) in [6.45, 7) is 2.62. The van der Waals surface area contributed by atoms with Gasteiger partial charge in [0.05, 0.1) is 13.2 Å². The minimum Gasteiger partial charge on any atom is -0.456 e. The molecule has 1 N–H and O–H groups in total. The molecule has 0 aromatic heterocycles. The maximum absolute atomic E-state index is 11.5. The van der Waals surface area contributed by atoms with Crippen molar-refractivity contribution in [3.05, 3.63) is 0 Å². The molecule has 0 radical (unpaired) electrons. The Balaban J connectivity index is 3.06. The summed E-state index contributed by atoms with van der Waals surface area (Å²) in [6.07, 6.45) is -5.25. The van der Waals surface area contributed by atoms with Crippen molar-refractivity contribution in [1.82, 2.24) is 0 Å². The lowest BCUT2D eigenvalue weighted by atomic mass is 9.98. The Morgan fingerprint density at radius 1 is 0.964 bits per heavy atom. The zero-order valence-corrected chi connectivity index (χ0v) is 17.5. The molecule has 1 fully saturated rings. The zero-order chi connectivity index (χ0) is 21.5. The molecule has 0 bridgehead atoms. The molecule has 1 heterocycles. The van der Waals surface area contributed by atoms with Crippen molar-refractivity contribution in [2.75, 3.05) is 25.2 Å². The van der Waals surface area contributed by atoms with Crippen LogP contribution in [0.4, 0.5) is 0 Å². The number of esters is 3. The van der Waals surface area contributed by atoms with Gasteiger partial charge in [0, 0.05) is 32.8 Å². The van der Waals surface area contributed by atoms with Gasteiger partial charge in [0.2, 0.25) is 0 Å². The first-order chi connectivity index (χ1) is 12.9. The van der Waals surface area contributed by atoms with Gasteiger partial charge >= 0.3 is 17.9 Å². The Labute approximate surface area is 166 Å². The second-order valence-corrected chi connectivity index (χ2v) is 10.4. The van der Waals surface area contributed by atoms with E-state index in [0.29, 0.717) is 10.8 Å². The van der Waals surface area contributed by atoms with Gasteiger partial charge in [-0.15, -0.1) is 0 Å². The van der Waals surface area contributed by atoms with E-state index in [2.05, 4.69) is 0 Å². The molecule has 13 heteroatoms. The van der Waals surface area contributed by atoms with Crippen molar-refractivity contribution in [3.63, 3.8) is 0 Å². The maximum atomic E-state index is 11.5. The van der Waals surface area contributed by atoms with E-state index in [0.717, 1.165) is 27.0 Å². The molecule has 0 spiro atoms. The standard InChI is InChI=1S/C15H24O11S2/c1-8(17)23-12-11(7-16)26-15(22-5-6-27-28(4,20)21)14(25-10(3)19)13(12)24-9(2)18/h11-16H,5-7H2,1-4H3/t11-,12-,13+,14-,15-/m1/s1. The zero-order valence-electron chi connectivity index (χ0n) is 15.9. The van der Waals surface area contributed by atoms with Crippen LogP contribution in [-0.4, -0.2) is 87.4 Å². The predicted molar refractivity (Wildman–Crippen MR) is 95.7 cm³/mol. The average Bonchev–Trinajstić information content (AvgIpc) is 2.53. The van der Waals surface area contributed by atoms with Crippen LogP contribution in [0.25, 0.3) is 0 Å². The molecule has 162 valence electrons. The Morgan fingerprint density at radius 3 is 1.93 bits per heavy atom. The third-order valence-corrected chi connectivity index (χ3v) is 5.89. The number of hydrogen-bond acceptors (Lipinski definition) is 12. The van der Waals surface area contributed by atoms with Crippen molar-refractivity contribution < 1.29 is 51.6 Å². The third kappa shape index (κ3) is 8.31. The molecule has 0 unspecified atom stereocenters. The molecule has 0 amide bonds. The Hall–Kier alpha value is -1.41. The van der Waals surface area contributed by atoms with E-state index >= 15 is 0 Å². The van der Waals surface area contributed by atoms with E-state index in [4.69, 9.17) is 23.7 Å². The van der Waals surface area contributed by atoms with Crippen LogP contribution in [0.1, 0.15) is 20.8 Å². The van der Waals surface area contributed by atoms with Gasteiger partial charge in [-0.3, -0.25) is 14.4 Å². The summed E-state index contributed by atoms with van der Waals surface area (Å²) in [5.41, 5.74) is 0. The lowest BCUT2D eigenvalue weighted by molar-refractivity contribution is -0.306. The molecule has 0 aromatic carbocycles. The minimum atomic E-state index is -3.28. The number of rotatable bonds is 9. The largest absolute Gasteiger partial charge is 0.456 e. The molecule has 1 saturated heterocycles. The SMILES string of the molecule is CC(=O)O[C@@H]1[C@@H](OC(C)=O)[C@H](OCCSS(C)(=O)=O)O[C@H](CO)[C@H]1OC(C)=O. The molecule has 0 aliphatic carbocycles. The van der Waals surface area contributed by atoms with Gasteiger partial charge in [0.15, 0.2) is 33.5 Å². The minimum absolute atomic E-state index is 0.0564. The van der Waals surface area contributed by atoms with E-state index in [1.54, 1.807) is 0 Å². The van der Waals surface area contributed by atoms with Crippen molar-refractivity contribution >= 4 is 37.6 Å². The van der Waals surface area contributed by atoms with Crippen molar-refractivity contribution in [1.29, 1.82) is 0 Å². The van der Waals surface area contributed by atoms with E-state index in [9.17, 15) is 27.9 Å². The van der Waals surface area contributed by atoms with E-state index in [-0.39, 0.29) is 12.4 Å². The monoisotopic (exact) mass is 444 g/mol. The van der Waals surface area contributed by atoms with Gasteiger partial charge < -0.3 is 28.8 Å². The molecule has 28 heavy (non-hydrogen) atoms. The molecule has 1 aliphatic heterocycles. The number of ether oxygens (including phenoxy) is 5. The highest BCUT2D eigenvalue weighted by atomic mass is 33.1. The summed E-state index contributed by atoms with van der Waals surface area (Å²) in [7, 11) is -2.64. The van der Waals surface area contributed by atoms with Crippen LogP contribution in [0.5, 0.6) is 0 Å². The van der Waals surface area contributed by atoms with Gasteiger partial charge in [0.25, 0.3) is 0 Å². The topological polar surface area (TPSA) is 152 Å². The van der Waals surface area contributed by atoms with Crippen LogP contribution in [0.3, 0.4) is 0 Å². The number of hydrogen-bond donors (Lipinski definition) is 1. The Bertz CT molecular complexity index is 663. The van der Waals surface area contributed by atoms with Gasteiger partial charge in [0.1, 0.15) is 6.10 Å². The molecule has 0 saturated carbocycles. The lowest BCUT2D eigenvalue weighted by Crippen LogP contribution is -2.62. The highest BCUT2D eigenvalue weighted by Crippen LogP contribution is 2.29. The summed E-state index contributed by atoms with van der Waals surface area (Å²) in [5, 5.41) is 9.59. The second-order valence-electron chi connectivity index (χ2n) is 5.84. The Kier molecular flexibility index (Phi) is 9.63. The summed E-state index contributed by atoms with van der Waals surface area (Å²) in [6, 6.07) is 0. The fraction of sp³-hybridized carbons (Fsp3) is 0.800. The highest BCUT2D eigenvalue weighted by Gasteiger charge is 2.52. The fourth-order valence-electron chi connectivity index (χ4n) is 2.49. The lowest BCUT2D eigenvalue weighted by Gasteiger charge is -2.43. The summed E-state index contributed by atoms with van der Waals surface area (Å²) >= 11 is 0. The van der Waals surface area contributed by atoms with E-state index < -0.39 is 64.1 Å². The second kappa shape index (κ2) is 11.0. The number of carbonyl (C=O) groups excluding carboxylic acids is 3. The average molecular weight is 444 g/mol. The first kappa shape index (κ1) is 24.6. The molecule has 0 aromatic rings. The van der Waals surface area contributed by atoms with Gasteiger partial charge in [-0.05, 0) is 10.8 Å². The molecular weight excluding hydrogens is 420 g/mol. The van der Waals surface area contributed by atoms with Crippen LogP contribution < -0.4 is 0 Å². The number of aliphatic hydroxyl groups is 1. The van der Waals surface area contributed by atoms with Gasteiger partial charge in [-0.1, -0.05) is 0 Å².